The highest BCUT2D eigenvalue weighted by Gasteiger charge is 2.14. The SMILES string of the molecule is COc1cccc(C(C)NC(=O)c2cc(COc3cccc(C)c3C)cs2)c1. The van der Waals surface area contributed by atoms with Crippen molar-refractivity contribution >= 4 is 17.2 Å². The summed E-state index contributed by atoms with van der Waals surface area (Å²) >= 11 is 1.43. The number of hydrogen-bond donors (Lipinski definition) is 1. The molecule has 0 saturated carbocycles. The molecule has 0 aliphatic rings. The summed E-state index contributed by atoms with van der Waals surface area (Å²) in [5, 5.41) is 5.01. The number of aryl methyl sites for hydroxylation is 1. The van der Waals surface area contributed by atoms with Gasteiger partial charge in [-0.15, -0.1) is 11.3 Å². The Morgan fingerprint density at radius 3 is 2.71 bits per heavy atom. The van der Waals surface area contributed by atoms with Gasteiger partial charge in [0.05, 0.1) is 18.0 Å². The van der Waals surface area contributed by atoms with E-state index in [4.69, 9.17) is 9.47 Å². The van der Waals surface area contributed by atoms with E-state index in [1.54, 1.807) is 7.11 Å². The number of benzene rings is 2. The molecule has 0 fully saturated rings. The molecular formula is C23H25NO3S. The van der Waals surface area contributed by atoms with Crippen molar-refractivity contribution in [3.05, 3.63) is 81.0 Å². The quantitative estimate of drug-likeness (QED) is 0.579. The average molecular weight is 396 g/mol. The minimum absolute atomic E-state index is 0.0849. The lowest BCUT2D eigenvalue weighted by Gasteiger charge is -2.14. The van der Waals surface area contributed by atoms with Crippen molar-refractivity contribution < 1.29 is 14.3 Å². The third-order valence-electron chi connectivity index (χ3n) is 4.77. The summed E-state index contributed by atoms with van der Waals surface area (Å²) < 4.78 is 11.2. The number of rotatable bonds is 7. The lowest BCUT2D eigenvalue weighted by Crippen LogP contribution is -2.25. The molecule has 1 heterocycles. The molecule has 1 N–H and O–H groups in total. The van der Waals surface area contributed by atoms with Crippen molar-refractivity contribution in [2.24, 2.45) is 0 Å². The summed E-state index contributed by atoms with van der Waals surface area (Å²) in [6, 6.07) is 15.5. The van der Waals surface area contributed by atoms with E-state index < -0.39 is 0 Å². The Kier molecular flexibility index (Phi) is 6.37. The number of methoxy groups -OCH3 is 1. The molecule has 1 atom stereocenters. The van der Waals surface area contributed by atoms with Gasteiger partial charge in [0.2, 0.25) is 0 Å². The van der Waals surface area contributed by atoms with Crippen LogP contribution in [-0.4, -0.2) is 13.0 Å². The van der Waals surface area contributed by atoms with Crippen molar-refractivity contribution in [2.45, 2.75) is 33.4 Å². The normalized spacial score (nSPS) is 11.7. The van der Waals surface area contributed by atoms with Crippen molar-refractivity contribution in [3.63, 3.8) is 0 Å². The van der Waals surface area contributed by atoms with Gasteiger partial charge < -0.3 is 14.8 Å². The van der Waals surface area contributed by atoms with Crippen LogP contribution in [0.1, 0.15) is 44.9 Å². The second-order valence-corrected chi connectivity index (χ2v) is 7.69. The van der Waals surface area contributed by atoms with Crippen LogP contribution in [0.25, 0.3) is 0 Å². The molecule has 4 nitrogen and oxygen atoms in total. The van der Waals surface area contributed by atoms with Crippen LogP contribution in [-0.2, 0) is 6.61 Å². The Bertz CT molecular complexity index is 964. The second kappa shape index (κ2) is 8.93. The van der Waals surface area contributed by atoms with E-state index in [0.29, 0.717) is 11.5 Å². The van der Waals surface area contributed by atoms with Crippen LogP contribution < -0.4 is 14.8 Å². The minimum Gasteiger partial charge on any atom is -0.497 e. The van der Waals surface area contributed by atoms with Gasteiger partial charge in [-0.3, -0.25) is 4.79 Å². The van der Waals surface area contributed by atoms with E-state index in [1.165, 1.54) is 16.9 Å². The van der Waals surface area contributed by atoms with Gasteiger partial charge in [-0.1, -0.05) is 24.3 Å². The standard InChI is InChI=1S/C23H25NO3S/c1-15-7-5-10-21(16(15)2)27-13-18-11-22(28-14-18)23(25)24-17(3)19-8-6-9-20(12-19)26-4/h5-12,14,17H,13H2,1-4H3,(H,24,25). The Morgan fingerprint density at radius 2 is 1.93 bits per heavy atom. The van der Waals surface area contributed by atoms with Gasteiger partial charge in [0.1, 0.15) is 18.1 Å². The molecule has 1 aromatic heterocycles. The smallest absolute Gasteiger partial charge is 0.261 e. The summed E-state index contributed by atoms with van der Waals surface area (Å²) in [6.45, 7) is 6.53. The number of amides is 1. The lowest BCUT2D eigenvalue weighted by molar-refractivity contribution is 0.0944. The fourth-order valence-corrected chi connectivity index (χ4v) is 3.67. The summed E-state index contributed by atoms with van der Waals surface area (Å²) in [5.41, 5.74) is 4.34. The third-order valence-corrected chi connectivity index (χ3v) is 5.75. The summed E-state index contributed by atoms with van der Waals surface area (Å²) in [7, 11) is 1.63. The molecule has 0 radical (unpaired) electrons. The molecule has 5 heteroatoms. The molecule has 0 aliphatic heterocycles. The van der Waals surface area contributed by atoms with E-state index in [1.807, 2.05) is 54.8 Å². The third kappa shape index (κ3) is 4.73. The average Bonchev–Trinajstić information content (AvgIpc) is 3.18. The van der Waals surface area contributed by atoms with Crippen LogP contribution in [0.2, 0.25) is 0 Å². The number of thiophene rings is 1. The largest absolute Gasteiger partial charge is 0.497 e. The zero-order valence-corrected chi connectivity index (χ0v) is 17.4. The molecule has 1 amide bonds. The maximum absolute atomic E-state index is 12.6. The Hall–Kier alpha value is -2.79. The number of carbonyl (C=O) groups excluding carboxylic acids is 1. The first-order valence-corrected chi connectivity index (χ1v) is 10.1. The minimum atomic E-state index is -0.112. The molecule has 0 bridgehead atoms. The van der Waals surface area contributed by atoms with Crippen LogP contribution in [0.4, 0.5) is 0 Å². The highest BCUT2D eigenvalue weighted by molar-refractivity contribution is 7.12. The first kappa shape index (κ1) is 20.0. The molecule has 1 unspecified atom stereocenters. The maximum atomic E-state index is 12.6. The highest BCUT2D eigenvalue weighted by Crippen LogP contribution is 2.24. The summed E-state index contributed by atoms with van der Waals surface area (Å²) in [4.78, 5) is 13.3. The zero-order valence-electron chi connectivity index (χ0n) is 16.6. The first-order valence-electron chi connectivity index (χ1n) is 9.19. The van der Waals surface area contributed by atoms with Crippen LogP contribution >= 0.6 is 11.3 Å². The fraction of sp³-hybridized carbons (Fsp3) is 0.261. The lowest BCUT2D eigenvalue weighted by atomic mass is 10.1. The topological polar surface area (TPSA) is 47.6 Å². The molecule has 28 heavy (non-hydrogen) atoms. The van der Waals surface area contributed by atoms with E-state index >= 15 is 0 Å². The number of nitrogens with one attached hydrogen (secondary N) is 1. The van der Waals surface area contributed by atoms with E-state index in [-0.39, 0.29) is 11.9 Å². The Balaban J connectivity index is 1.61. The van der Waals surface area contributed by atoms with E-state index in [9.17, 15) is 4.79 Å². The van der Waals surface area contributed by atoms with Crippen LogP contribution in [0, 0.1) is 13.8 Å². The molecule has 0 aliphatic carbocycles. The van der Waals surface area contributed by atoms with E-state index in [2.05, 4.69) is 25.2 Å². The predicted octanol–water partition coefficient (Wildman–Crippen LogP) is 5.44. The Labute approximate surface area is 170 Å². The van der Waals surface area contributed by atoms with Gasteiger partial charge >= 0.3 is 0 Å². The molecular weight excluding hydrogens is 370 g/mol. The number of hydrogen-bond acceptors (Lipinski definition) is 4. The van der Waals surface area contributed by atoms with Crippen molar-refractivity contribution in [2.75, 3.05) is 7.11 Å². The molecule has 2 aromatic carbocycles. The molecule has 3 rings (SSSR count). The van der Waals surface area contributed by atoms with Crippen molar-refractivity contribution in [1.82, 2.24) is 5.32 Å². The monoisotopic (exact) mass is 395 g/mol. The first-order chi connectivity index (χ1) is 13.5. The van der Waals surface area contributed by atoms with Crippen molar-refractivity contribution in [3.8, 4) is 11.5 Å². The number of carbonyl (C=O) groups is 1. The second-order valence-electron chi connectivity index (χ2n) is 6.78. The molecule has 3 aromatic rings. The van der Waals surface area contributed by atoms with Crippen LogP contribution in [0.15, 0.2) is 53.9 Å². The maximum Gasteiger partial charge on any atom is 0.261 e. The fourth-order valence-electron chi connectivity index (χ4n) is 2.87. The van der Waals surface area contributed by atoms with E-state index in [0.717, 1.165) is 28.2 Å². The molecule has 146 valence electrons. The van der Waals surface area contributed by atoms with Crippen LogP contribution in [0.3, 0.4) is 0 Å². The van der Waals surface area contributed by atoms with Gasteiger partial charge in [-0.2, -0.15) is 0 Å². The van der Waals surface area contributed by atoms with Crippen molar-refractivity contribution in [1.29, 1.82) is 0 Å². The predicted molar refractivity (Wildman–Crippen MR) is 113 cm³/mol. The zero-order chi connectivity index (χ0) is 20.1. The van der Waals surface area contributed by atoms with Gasteiger partial charge in [0.25, 0.3) is 5.91 Å². The van der Waals surface area contributed by atoms with Gasteiger partial charge in [0, 0.05) is 5.56 Å². The van der Waals surface area contributed by atoms with Gasteiger partial charge in [0.15, 0.2) is 0 Å². The van der Waals surface area contributed by atoms with Crippen LogP contribution in [0.5, 0.6) is 11.5 Å². The molecule has 0 saturated heterocycles. The van der Waals surface area contributed by atoms with Gasteiger partial charge in [-0.05, 0) is 67.1 Å². The Morgan fingerprint density at radius 1 is 1.14 bits per heavy atom. The highest BCUT2D eigenvalue weighted by atomic mass is 32.1. The number of ether oxygens (including phenoxy) is 2. The summed E-state index contributed by atoms with van der Waals surface area (Å²) in [6.07, 6.45) is 0. The summed E-state index contributed by atoms with van der Waals surface area (Å²) in [5.74, 6) is 1.57. The molecule has 0 spiro atoms. The van der Waals surface area contributed by atoms with Gasteiger partial charge in [-0.25, -0.2) is 0 Å².